The Balaban J connectivity index is -0.000000238. The number of hydrogen-bond acceptors (Lipinski definition) is 24. The lowest BCUT2D eigenvalue weighted by molar-refractivity contribution is 0.389. The molecule has 0 aliphatic carbocycles. The lowest BCUT2D eigenvalue weighted by Gasteiger charge is -1.76. The van der Waals surface area contributed by atoms with E-state index in [1.807, 2.05) is 146 Å². The topological polar surface area (TPSA) is 342 Å². The highest BCUT2D eigenvalue weighted by molar-refractivity contribution is 7.05. The van der Waals surface area contributed by atoms with Crippen LogP contribution in [0.4, 0.5) is 0 Å². The standard InChI is InChI=1S/C5H7NO.2C4H6N2O.2C4H6N2S.5C3H5N3.5C2H6/c1-4-5(2)7-3-6-4;4*1-3-5-4(2)7-6-3;1-6-3-4-2-5-6;1-6-3-2-4-5-6;3*1-3-4-2-5-6-3;5*1-2/h3H,1-2H3;4*1-2H3;2*2-3H,1H3;3*2H,1H3,(H,4,5,6);5*1-2H3. The summed E-state index contributed by atoms with van der Waals surface area (Å²) in [4.78, 5) is 34.5. The summed E-state index contributed by atoms with van der Waals surface area (Å²) < 4.78 is 25.2. The van der Waals surface area contributed by atoms with E-state index >= 15 is 0 Å². The minimum atomic E-state index is 0.623. The Labute approximate surface area is 451 Å². The van der Waals surface area contributed by atoms with Gasteiger partial charge >= 0.3 is 0 Å². The Hall–Kier alpha value is -7.69. The second-order valence-corrected chi connectivity index (χ2v) is 14.2. The first-order valence-corrected chi connectivity index (χ1v) is 25.5. The van der Waals surface area contributed by atoms with Gasteiger partial charge in [-0.2, -0.15) is 39.1 Å². The molecule has 0 amide bonds. The largest absolute Gasteiger partial charge is 0.449 e. The van der Waals surface area contributed by atoms with E-state index in [4.69, 9.17) is 4.42 Å². The van der Waals surface area contributed by atoms with Gasteiger partial charge in [-0.15, -0.1) is 5.10 Å². The number of rotatable bonds is 0. The molecule has 10 rings (SSSR count). The quantitative estimate of drug-likeness (QED) is 0.127. The van der Waals surface area contributed by atoms with Crippen LogP contribution in [0, 0.1) is 90.0 Å². The average molecular weight is 1090 g/mol. The van der Waals surface area contributed by atoms with Gasteiger partial charge in [-0.05, 0) is 99.2 Å². The third-order valence-corrected chi connectivity index (χ3v) is 7.61. The Bertz CT molecular complexity index is 2100. The van der Waals surface area contributed by atoms with Gasteiger partial charge in [-0.25, -0.2) is 34.9 Å². The number of H-pyrrole nitrogens is 3. The third-order valence-electron chi connectivity index (χ3n) is 6.18. The van der Waals surface area contributed by atoms with E-state index in [2.05, 4.69) is 119 Å². The van der Waals surface area contributed by atoms with Crippen molar-refractivity contribution in [2.24, 2.45) is 14.1 Å². The Kier molecular flexibility index (Phi) is 55.0. The van der Waals surface area contributed by atoms with Crippen LogP contribution in [0.3, 0.4) is 0 Å². The molecule has 0 bridgehead atoms. The van der Waals surface area contributed by atoms with Crippen molar-refractivity contribution in [3.63, 3.8) is 0 Å². The smallest absolute Gasteiger partial charge is 0.223 e. The number of aromatic nitrogens is 24. The maximum atomic E-state index is 4.85. The maximum absolute atomic E-state index is 4.85. The van der Waals surface area contributed by atoms with Crippen molar-refractivity contribution in [2.75, 3.05) is 0 Å². The summed E-state index contributed by atoms with van der Waals surface area (Å²) in [5, 5.41) is 38.7. The van der Waals surface area contributed by atoms with Gasteiger partial charge in [0, 0.05) is 34.1 Å². The predicted octanol–water partition coefficient (Wildman–Crippen LogP) is 10.1. The van der Waals surface area contributed by atoms with Gasteiger partial charge in [0.15, 0.2) is 18.0 Å². The highest BCUT2D eigenvalue weighted by Crippen LogP contribution is 2.00. The van der Waals surface area contributed by atoms with E-state index in [9.17, 15) is 0 Å². The normalized spacial score (nSPS) is 8.33. The number of hydrogen-bond donors (Lipinski definition) is 3. The first-order valence-electron chi connectivity index (χ1n) is 23.9. The summed E-state index contributed by atoms with van der Waals surface area (Å²) in [5.74, 6) is 7.86. The minimum absolute atomic E-state index is 0.623. The first kappa shape index (κ1) is 76.2. The average Bonchev–Trinajstić information content (AvgIpc) is 4.23. The Morgan fingerprint density at radius 1 is 0.480 bits per heavy atom. The van der Waals surface area contributed by atoms with Gasteiger partial charge in [0.25, 0.3) is 0 Å². The molecule has 75 heavy (non-hydrogen) atoms. The number of aromatic amines is 3. The van der Waals surface area contributed by atoms with Crippen molar-refractivity contribution >= 4 is 23.1 Å². The molecule has 10 aromatic rings. The van der Waals surface area contributed by atoms with Crippen LogP contribution in [0.2, 0.25) is 0 Å². The molecule has 0 aliphatic heterocycles. The van der Waals surface area contributed by atoms with Crippen LogP contribution in [-0.4, -0.2) is 119 Å². The van der Waals surface area contributed by atoms with Crippen molar-refractivity contribution in [3.05, 3.63) is 124 Å². The Morgan fingerprint density at radius 2 is 0.880 bits per heavy atom. The van der Waals surface area contributed by atoms with Crippen molar-refractivity contribution < 1.29 is 13.5 Å². The second-order valence-electron chi connectivity index (χ2n) is 12.3. The number of aryl methyl sites for hydroxylation is 15. The van der Waals surface area contributed by atoms with Gasteiger partial charge in [-0.1, -0.05) is 84.8 Å². The van der Waals surface area contributed by atoms with Crippen molar-refractivity contribution in [1.29, 1.82) is 0 Å². The second kappa shape index (κ2) is 54.1. The SMILES string of the molecule is CC.CC.CC.CC.CC.Cc1ncn[nH]1.Cc1ncn[nH]1.Cc1ncn[nH]1.Cc1ncoc1C.Cc1noc(C)n1.Cc1noc(C)n1.Cc1nsc(C)n1.Cc1nsc(C)n1.Cn1ccnn1.Cn1cncn1. The molecule has 0 fully saturated rings. The number of nitrogens with one attached hydrogen (secondary N) is 3. The number of oxazole rings is 1. The van der Waals surface area contributed by atoms with E-state index in [0.29, 0.717) is 23.4 Å². The van der Waals surface area contributed by atoms with Crippen LogP contribution in [0.15, 0.2) is 63.9 Å². The molecule has 0 saturated carbocycles. The molecule has 0 aliphatic rings. The molecule has 0 unspecified atom stereocenters. The molecule has 0 radical (unpaired) electrons. The van der Waals surface area contributed by atoms with Gasteiger partial charge in [0.2, 0.25) is 11.8 Å². The lowest BCUT2D eigenvalue weighted by Crippen LogP contribution is -1.85. The van der Waals surface area contributed by atoms with E-state index in [-0.39, 0.29) is 0 Å². The van der Waals surface area contributed by atoms with E-state index in [0.717, 1.165) is 50.6 Å². The van der Waals surface area contributed by atoms with Gasteiger partial charge in [0.05, 0.1) is 11.9 Å². The fourth-order valence-corrected chi connectivity index (χ4v) is 4.25. The third kappa shape index (κ3) is 51.0. The molecular formula is C46H86N24O3S2. The molecule has 29 heteroatoms. The van der Waals surface area contributed by atoms with E-state index in [1.165, 1.54) is 54.8 Å². The highest BCUT2D eigenvalue weighted by atomic mass is 32.1. The van der Waals surface area contributed by atoms with Crippen LogP contribution >= 0.6 is 23.1 Å². The van der Waals surface area contributed by atoms with Gasteiger partial charge in [-0.3, -0.25) is 24.7 Å². The van der Waals surface area contributed by atoms with Crippen LogP contribution in [0.5, 0.6) is 0 Å². The Morgan fingerprint density at radius 3 is 0.960 bits per heavy atom. The summed E-state index contributed by atoms with van der Waals surface area (Å²) in [5.41, 5.74) is 0.972. The van der Waals surface area contributed by atoms with E-state index in [1.54, 1.807) is 55.8 Å². The minimum Gasteiger partial charge on any atom is -0.449 e. The number of nitrogens with zero attached hydrogens (tertiary/aromatic N) is 21. The van der Waals surface area contributed by atoms with Crippen molar-refractivity contribution in [1.82, 2.24) is 119 Å². The van der Waals surface area contributed by atoms with Crippen LogP contribution in [0.25, 0.3) is 0 Å². The monoisotopic (exact) mass is 1090 g/mol. The summed E-state index contributed by atoms with van der Waals surface area (Å²) in [6.45, 7) is 44.2. The fourth-order valence-electron chi connectivity index (χ4n) is 3.30. The summed E-state index contributed by atoms with van der Waals surface area (Å²) in [6, 6.07) is 0. The van der Waals surface area contributed by atoms with Crippen LogP contribution < -0.4 is 0 Å². The fraction of sp³-hybridized carbons (Fsp3) is 0.543. The summed E-state index contributed by atoms with van der Waals surface area (Å²) in [6.07, 6.45) is 12.4. The lowest BCUT2D eigenvalue weighted by atomic mass is 10.4. The molecule has 420 valence electrons. The first-order chi connectivity index (χ1) is 35.9. The molecule has 10 aromatic heterocycles. The highest BCUT2D eigenvalue weighted by Gasteiger charge is 1.92. The van der Waals surface area contributed by atoms with Crippen molar-refractivity contribution in [2.45, 2.75) is 159 Å². The zero-order valence-electron chi connectivity index (χ0n) is 49.1. The molecule has 0 aromatic carbocycles. The van der Waals surface area contributed by atoms with Crippen LogP contribution in [-0.2, 0) is 14.1 Å². The molecule has 0 saturated heterocycles. The zero-order chi connectivity index (χ0) is 58.4. The van der Waals surface area contributed by atoms with Gasteiger partial charge in [0.1, 0.15) is 76.5 Å². The maximum Gasteiger partial charge on any atom is 0.223 e. The molecule has 3 N–H and O–H groups in total. The van der Waals surface area contributed by atoms with Crippen LogP contribution in [0.1, 0.15) is 143 Å². The van der Waals surface area contributed by atoms with Crippen molar-refractivity contribution in [3.8, 4) is 0 Å². The predicted molar refractivity (Wildman–Crippen MR) is 294 cm³/mol. The van der Waals surface area contributed by atoms with Gasteiger partial charge < -0.3 is 13.5 Å². The summed E-state index contributed by atoms with van der Waals surface area (Å²) in [7, 11) is 3.65. The molecule has 0 spiro atoms. The molecule has 10 heterocycles. The molecular weight excluding hydrogens is 1000 g/mol. The summed E-state index contributed by atoms with van der Waals surface area (Å²) >= 11 is 2.89. The van der Waals surface area contributed by atoms with E-state index < -0.39 is 0 Å². The molecule has 27 nitrogen and oxygen atoms in total. The molecule has 0 atom stereocenters. The zero-order valence-corrected chi connectivity index (χ0v) is 50.7.